The van der Waals surface area contributed by atoms with Gasteiger partial charge in [-0.1, -0.05) is 71.0 Å². The second-order valence-corrected chi connectivity index (χ2v) is 20.1. The molecule has 0 aliphatic heterocycles. The van der Waals surface area contributed by atoms with Gasteiger partial charge in [0.05, 0.1) is 17.1 Å². The van der Waals surface area contributed by atoms with Crippen LogP contribution in [0.2, 0.25) is 0 Å². The summed E-state index contributed by atoms with van der Waals surface area (Å²) in [6.45, 7) is 19.5. The quantitative estimate of drug-likeness (QED) is 0.179. The molecule has 7 nitrogen and oxygen atoms in total. The smallest absolute Gasteiger partial charge is 0.335 e. The Balaban J connectivity index is 0.996. The van der Waals surface area contributed by atoms with Crippen molar-refractivity contribution < 1.29 is 24.6 Å². The van der Waals surface area contributed by atoms with Gasteiger partial charge in [-0.3, -0.25) is 9.59 Å². The molecule has 4 N–H and O–H groups in total. The number of hydrogen-bond acceptors (Lipinski definition) is 4. The SMILES string of the molecule is C=C(C)[C@@H]1CCC2(C(=O)NCc3cccc(C(=O)Nc4ccc5cc(C(=O)O)ccc5c4)c3)CC[C@]3(C)C(CCC4C5(C)CCC(O)C(C)(C)C5CCC43C)C12. The third kappa shape index (κ3) is 5.80. The number of allylic oxidation sites excluding steroid dienone is 1. The molecular formula is C49H62N2O5. The van der Waals surface area contributed by atoms with E-state index in [9.17, 15) is 24.6 Å². The van der Waals surface area contributed by atoms with Crippen LogP contribution in [0.15, 0.2) is 72.8 Å². The molecule has 2 amide bonds. The summed E-state index contributed by atoms with van der Waals surface area (Å²) in [6.07, 6.45) is 10.4. The maximum absolute atomic E-state index is 14.8. The number of fused-ring (bicyclic) bond motifs is 8. The number of carbonyl (C=O) groups is 3. The molecule has 5 aliphatic rings. The molecule has 3 aromatic rings. The molecule has 3 aromatic carbocycles. The predicted octanol–water partition coefficient (Wildman–Crippen LogP) is 10.4. The molecule has 5 saturated carbocycles. The van der Waals surface area contributed by atoms with E-state index in [1.807, 2.05) is 30.3 Å². The Labute approximate surface area is 333 Å². The van der Waals surface area contributed by atoms with Gasteiger partial charge in [-0.15, -0.1) is 0 Å². The van der Waals surface area contributed by atoms with E-state index in [1.165, 1.54) is 24.8 Å². The number of aliphatic hydroxyl groups is 1. The van der Waals surface area contributed by atoms with Crippen molar-refractivity contribution in [3.63, 3.8) is 0 Å². The van der Waals surface area contributed by atoms with Crippen LogP contribution in [-0.4, -0.2) is 34.1 Å². The van der Waals surface area contributed by atoms with E-state index in [4.69, 9.17) is 0 Å². The van der Waals surface area contributed by atoms with Crippen LogP contribution in [0.1, 0.15) is 132 Å². The van der Waals surface area contributed by atoms with E-state index in [1.54, 1.807) is 30.3 Å². The molecule has 298 valence electrons. The lowest BCUT2D eigenvalue weighted by Crippen LogP contribution is -2.67. The first kappa shape index (κ1) is 38.9. The fourth-order valence-corrected chi connectivity index (χ4v) is 14.4. The van der Waals surface area contributed by atoms with Gasteiger partial charge in [-0.25, -0.2) is 4.79 Å². The Morgan fingerprint density at radius 2 is 1.52 bits per heavy atom. The third-order valence-corrected chi connectivity index (χ3v) is 17.5. The van der Waals surface area contributed by atoms with Gasteiger partial charge in [0.2, 0.25) is 5.91 Å². The van der Waals surface area contributed by atoms with Crippen molar-refractivity contribution in [2.24, 2.45) is 56.7 Å². The van der Waals surface area contributed by atoms with Crippen molar-refractivity contribution >= 4 is 34.2 Å². The summed E-state index contributed by atoms with van der Waals surface area (Å²) in [4.78, 5) is 39.6. The van der Waals surface area contributed by atoms with Gasteiger partial charge in [0.15, 0.2) is 0 Å². The monoisotopic (exact) mass is 758 g/mol. The summed E-state index contributed by atoms with van der Waals surface area (Å²) in [6, 6.07) is 17.8. The Kier molecular flexibility index (Phi) is 9.42. The van der Waals surface area contributed by atoms with Crippen LogP contribution in [0.25, 0.3) is 10.8 Å². The number of hydrogen-bond donors (Lipinski definition) is 4. The lowest BCUT2D eigenvalue weighted by molar-refractivity contribution is -0.246. The third-order valence-electron chi connectivity index (χ3n) is 17.5. The van der Waals surface area contributed by atoms with Gasteiger partial charge in [-0.2, -0.15) is 0 Å². The van der Waals surface area contributed by atoms with Crippen LogP contribution in [-0.2, 0) is 11.3 Å². The van der Waals surface area contributed by atoms with E-state index in [2.05, 4.69) is 58.8 Å². The lowest BCUT2D eigenvalue weighted by Gasteiger charge is -2.72. The van der Waals surface area contributed by atoms with E-state index < -0.39 is 11.4 Å². The van der Waals surface area contributed by atoms with Gasteiger partial charge >= 0.3 is 5.97 Å². The van der Waals surface area contributed by atoms with Gasteiger partial charge in [0.25, 0.3) is 5.91 Å². The van der Waals surface area contributed by atoms with Crippen molar-refractivity contribution in [1.82, 2.24) is 5.32 Å². The second kappa shape index (κ2) is 13.6. The molecule has 8 rings (SSSR count). The van der Waals surface area contributed by atoms with Crippen molar-refractivity contribution in [1.29, 1.82) is 0 Å². The molecule has 0 heterocycles. The van der Waals surface area contributed by atoms with Crippen LogP contribution >= 0.6 is 0 Å². The average Bonchev–Trinajstić information content (AvgIpc) is 3.57. The zero-order valence-electron chi connectivity index (χ0n) is 34.3. The maximum Gasteiger partial charge on any atom is 0.335 e. The Morgan fingerprint density at radius 1 is 0.768 bits per heavy atom. The van der Waals surface area contributed by atoms with Crippen LogP contribution in [0.5, 0.6) is 0 Å². The van der Waals surface area contributed by atoms with Crippen molar-refractivity contribution in [2.75, 3.05) is 5.32 Å². The number of aliphatic hydroxyl groups excluding tert-OH is 1. The maximum atomic E-state index is 14.8. The minimum absolute atomic E-state index is 0.0695. The molecule has 0 radical (unpaired) electrons. The van der Waals surface area contributed by atoms with Crippen molar-refractivity contribution in [3.8, 4) is 0 Å². The number of carboxylic acids is 1. The number of nitrogens with one attached hydrogen (secondary N) is 2. The molecule has 56 heavy (non-hydrogen) atoms. The molecule has 8 unspecified atom stereocenters. The lowest BCUT2D eigenvalue weighted by atomic mass is 9.32. The highest BCUT2D eigenvalue weighted by molar-refractivity contribution is 6.05. The standard InChI is InChI=1S/C49H62N2O5/c1-29(2)36-17-22-49(24-23-47(6)37(41(36)49)15-16-39-46(5)20-19-40(52)45(3,4)38(46)18-21-48(39,47)7)44(56)50-28-30-9-8-10-33(25-30)42(53)51-35-14-13-31-26-34(43(54)55)12-11-32(31)27-35/h8-14,25-27,36-41,52H,1,15-24,28H2,2-7H3,(H,50,56)(H,51,53)(H,54,55)/t36-,37?,38?,39?,40?,41?,46?,47+,48?,49?/m0/s1. The number of carbonyl (C=O) groups excluding carboxylic acids is 2. The number of anilines is 1. The first-order valence-corrected chi connectivity index (χ1v) is 21.2. The average molecular weight is 759 g/mol. The van der Waals surface area contributed by atoms with E-state index in [0.717, 1.165) is 61.3 Å². The van der Waals surface area contributed by atoms with Crippen molar-refractivity contribution in [3.05, 3.63) is 89.5 Å². The van der Waals surface area contributed by atoms with Crippen molar-refractivity contribution in [2.45, 2.75) is 118 Å². The zero-order valence-corrected chi connectivity index (χ0v) is 34.3. The van der Waals surface area contributed by atoms with Crippen LogP contribution in [0.4, 0.5) is 5.69 Å². The fourth-order valence-electron chi connectivity index (χ4n) is 14.4. The highest BCUT2D eigenvalue weighted by Crippen LogP contribution is 2.77. The molecule has 0 bridgehead atoms. The number of carboxylic acid groups (broad SMARTS) is 1. The normalized spacial score (nSPS) is 37.0. The number of amides is 2. The topological polar surface area (TPSA) is 116 Å². The van der Waals surface area contributed by atoms with Gasteiger partial charge in [0, 0.05) is 17.8 Å². The minimum atomic E-state index is -0.976. The number of benzene rings is 3. The summed E-state index contributed by atoms with van der Waals surface area (Å²) in [5, 5.41) is 28.5. The molecule has 5 fully saturated rings. The van der Waals surface area contributed by atoms with E-state index in [-0.39, 0.29) is 51.1 Å². The van der Waals surface area contributed by atoms with Crippen LogP contribution in [0.3, 0.4) is 0 Å². The van der Waals surface area contributed by atoms with Gasteiger partial charge < -0.3 is 20.8 Å². The second-order valence-electron chi connectivity index (χ2n) is 20.1. The molecule has 7 heteroatoms. The fraction of sp³-hybridized carbons (Fsp3) is 0.571. The van der Waals surface area contributed by atoms with Gasteiger partial charge in [-0.05, 0) is 175 Å². The summed E-state index contributed by atoms with van der Waals surface area (Å²) < 4.78 is 0. The molecular weight excluding hydrogens is 697 g/mol. The van der Waals surface area contributed by atoms with Crippen LogP contribution in [0, 0.1) is 56.7 Å². The summed E-state index contributed by atoms with van der Waals surface area (Å²) in [5.74, 6) is 1.14. The summed E-state index contributed by atoms with van der Waals surface area (Å²) >= 11 is 0. The highest BCUT2D eigenvalue weighted by atomic mass is 16.4. The largest absolute Gasteiger partial charge is 0.478 e. The summed E-state index contributed by atoms with van der Waals surface area (Å²) in [7, 11) is 0. The molecule has 10 atom stereocenters. The molecule has 0 spiro atoms. The predicted molar refractivity (Wildman–Crippen MR) is 222 cm³/mol. The Hall–Kier alpha value is -3.97. The number of aromatic carboxylic acids is 1. The highest BCUT2D eigenvalue weighted by Gasteiger charge is 2.71. The summed E-state index contributed by atoms with van der Waals surface area (Å²) in [5.41, 5.74) is 3.49. The Bertz CT molecular complexity index is 2110. The van der Waals surface area contributed by atoms with E-state index >= 15 is 0 Å². The number of rotatable bonds is 7. The molecule has 0 saturated heterocycles. The van der Waals surface area contributed by atoms with E-state index in [0.29, 0.717) is 41.5 Å². The van der Waals surface area contributed by atoms with Gasteiger partial charge in [0.1, 0.15) is 0 Å². The minimum Gasteiger partial charge on any atom is -0.478 e. The van der Waals surface area contributed by atoms with Crippen LogP contribution < -0.4 is 10.6 Å². The molecule has 0 aromatic heterocycles. The zero-order chi connectivity index (χ0) is 40.0. The molecule has 5 aliphatic carbocycles. The first-order chi connectivity index (χ1) is 26.4. The first-order valence-electron chi connectivity index (χ1n) is 21.2. The Morgan fingerprint density at radius 3 is 2.27 bits per heavy atom.